The van der Waals surface area contributed by atoms with Crippen molar-refractivity contribution in [2.24, 2.45) is 0 Å². The van der Waals surface area contributed by atoms with Crippen LogP contribution in [0.2, 0.25) is 0 Å². The van der Waals surface area contributed by atoms with Crippen molar-refractivity contribution in [3.05, 3.63) is 96.2 Å². The molecule has 0 saturated heterocycles. The lowest BCUT2D eigenvalue weighted by Gasteiger charge is -2.09. The van der Waals surface area contributed by atoms with Gasteiger partial charge in [-0.1, -0.05) is 36.4 Å². The predicted molar refractivity (Wildman–Crippen MR) is 132 cm³/mol. The average Bonchev–Trinajstić information content (AvgIpc) is 3.56. The van der Waals surface area contributed by atoms with Gasteiger partial charge in [0.25, 0.3) is 0 Å². The summed E-state index contributed by atoms with van der Waals surface area (Å²) in [7, 11) is 0. The fourth-order valence-electron chi connectivity index (χ4n) is 3.68. The zero-order valence-corrected chi connectivity index (χ0v) is 18.8. The van der Waals surface area contributed by atoms with Gasteiger partial charge in [-0.2, -0.15) is 5.21 Å². The van der Waals surface area contributed by atoms with Crippen molar-refractivity contribution in [3.63, 3.8) is 0 Å². The second-order valence-electron chi connectivity index (χ2n) is 7.76. The summed E-state index contributed by atoms with van der Waals surface area (Å²) in [6.07, 6.45) is 0. The number of ether oxygens (including phenoxy) is 2. The third-order valence-corrected chi connectivity index (χ3v) is 6.54. The number of rotatable bonds is 7. The molecule has 1 N–H and O–H groups in total. The monoisotopic (exact) mass is 465 g/mol. The Morgan fingerprint density at radius 1 is 0.765 bits per heavy atom. The number of pyridine rings is 1. The summed E-state index contributed by atoms with van der Waals surface area (Å²) >= 11 is 1.62. The second kappa shape index (κ2) is 8.92. The second-order valence-corrected chi connectivity index (χ2v) is 8.85. The van der Waals surface area contributed by atoms with Crippen molar-refractivity contribution in [1.29, 1.82) is 0 Å². The molecule has 0 aliphatic heterocycles. The molecule has 3 aromatic heterocycles. The van der Waals surface area contributed by atoms with Gasteiger partial charge in [-0.05, 0) is 64.7 Å². The Hall–Kier alpha value is -4.30. The Labute approximate surface area is 199 Å². The molecule has 3 heterocycles. The van der Waals surface area contributed by atoms with E-state index in [1.165, 1.54) is 0 Å². The van der Waals surface area contributed by atoms with Crippen LogP contribution in [0.1, 0.15) is 11.3 Å². The number of hydrogen-bond donors (Lipinski definition) is 1. The third-order valence-electron chi connectivity index (χ3n) is 5.43. The van der Waals surface area contributed by atoms with E-state index in [1.54, 1.807) is 11.3 Å². The zero-order valence-electron chi connectivity index (χ0n) is 18.0. The van der Waals surface area contributed by atoms with Crippen LogP contribution in [0.15, 0.2) is 84.9 Å². The van der Waals surface area contributed by atoms with E-state index in [2.05, 4.69) is 43.8 Å². The number of aromatic amines is 1. The third kappa shape index (κ3) is 4.31. The molecule has 34 heavy (non-hydrogen) atoms. The van der Waals surface area contributed by atoms with E-state index < -0.39 is 0 Å². The predicted octanol–water partition coefficient (Wildman–Crippen LogP) is 5.79. The molecule has 6 rings (SSSR count). The number of H-pyrrole nitrogens is 1. The Balaban J connectivity index is 1.07. The summed E-state index contributed by atoms with van der Waals surface area (Å²) in [5.41, 5.74) is 2.94. The Morgan fingerprint density at radius 2 is 1.62 bits per heavy atom. The van der Waals surface area contributed by atoms with E-state index in [1.807, 2.05) is 66.7 Å². The van der Waals surface area contributed by atoms with Crippen molar-refractivity contribution < 1.29 is 9.47 Å². The molecule has 0 radical (unpaired) electrons. The lowest BCUT2D eigenvalue weighted by molar-refractivity contribution is 0.298. The van der Waals surface area contributed by atoms with Crippen molar-refractivity contribution in [2.75, 3.05) is 0 Å². The van der Waals surface area contributed by atoms with Crippen molar-refractivity contribution in [2.45, 2.75) is 13.2 Å². The van der Waals surface area contributed by atoms with Gasteiger partial charge in [-0.25, -0.2) is 4.98 Å². The molecule has 6 aromatic rings. The summed E-state index contributed by atoms with van der Waals surface area (Å²) < 4.78 is 13.1. The van der Waals surface area contributed by atoms with E-state index in [0.29, 0.717) is 19.0 Å². The van der Waals surface area contributed by atoms with Crippen LogP contribution in [0, 0.1) is 0 Å². The van der Waals surface area contributed by atoms with Crippen LogP contribution in [0.4, 0.5) is 0 Å². The number of fused-ring (bicyclic) bond motifs is 2. The fourth-order valence-corrected chi connectivity index (χ4v) is 4.65. The highest BCUT2D eigenvalue weighted by atomic mass is 32.1. The molecule has 0 saturated carbocycles. The molecular formula is C26H19N5O2S. The van der Waals surface area contributed by atoms with Crippen molar-refractivity contribution in [1.82, 2.24) is 25.6 Å². The number of aromatic nitrogens is 5. The summed E-state index contributed by atoms with van der Waals surface area (Å²) in [5.74, 6) is 2.21. The summed E-state index contributed by atoms with van der Waals surface area (Å²) in [6, 6.07) is 28.2. The minimum absolute atomic E-state index is 0.424. The van der Waals surface area contributed by atoms with E-state index >= 15 is 0 Å². The quantitative estimate of drug-likeness (QED) is 0.321. The molecule has 0 amide bonds. The molecule has 0 spiro atoms. The van der Waals surface area contributed by atoms with Gasteiger partial charge in [-0.15, -0.1) is 21.5 Å². The normalized spacial score (nSPS) is 11.2. The van der Waals surface area contributed by atoms with Gasteiger partial charge in [0, 0.05) is 10.1 Å². The smallest absolute Gasteiger partial charge is 0.214 e. The lowest BCUT2D eigenvalue weighted by atomic mass is 10.2. The number of hydrogen-bond acceptors (Lipinski definition) is 7. The van der Waals surface area contributed by atoms with Gasteiger partial charge in [0.15, 0.2) is 0 Å². The Bertz CT molecular complexity index is 1560. The highest BCUT2D eigenvalue weighted by Gasteiger charge is 2.09. The van der Waals surface area contributed by atoms with Crippen LogP contribution in [0.25, 0.3) is 31.7 Å². The van der Waals surface area contributed by atoms with Gasteiger partial charge in [0.1, 0.15) is 24.7 Å². The topological polar surface area (TPSA) is 85.8 Å². The van der Waals surface area contributed by atoms with Crippen LogP contribution in [0.5, 0.6) is 11.5 Å². The number of para-hydroxylation sites is 1. The van der Waals surface area contributed by atoms with Crippen LogP contribution >= 0.6 is 11.3 Å². The fraction of sp³-hybridized carbons (Fsp3) is 0.0769. The number of thiophene rings is 1. The summed E-state index contributed by atoms with van der Waals surface area (Å²) in [6.45, 7) is 0.896. The van der Waals surface area contributed by atoms with Gasteiger partial charge in [0.05, 0.1) is 16.1 Å². The van der Waals surface area contributed by atoms with Crippen LogP contribution in [-0.4, -0.2) is 25.6 Å². The summed E-state index contributed by atoms with van der Waals surface area (Å²) in [5, 5.41) is 16.4. The lowest BCUT2D eigenvalue weighted by Crippen LogP contribution is -1.99. The first-order valence-electron chi connectivity index (χ1n) is 10.8. The van der Waals surface area contributed by atoms with E-state index in [-0.39, 0.29) is 0 Å². The number of benzene rings is 3. The molecule has 0 unspecified atom stereocenters. The average molecular weight is 466 g/mol. The van der Waals surface area contributed by atoms with Crippen LogP contribution in [-0.2, 0) is 13.2 Å². The maximum Gasteiger partial charge on any atom is 0.214 e. The minimum Gasteiger partial charge on any atom is -0.489 e. The molecule has 0 fully saturated rings. The molecule has 166 valence electrons. The Kier molecular flexibility index (Phi) is 5.33. The van der Waals surface area contributed by atoms with E-state index in [0.717, 1.165) is 48.6 Å². The highest BCUT2D eigenvalue weighted by molar-refractivity contribution is 7.22. The first-order valence-corrected chi connectivity index (χ1v) is 11.6. The maximum absolute atomic E-state index is 6.01. The van der Waals surface area contributed by atoms with Crippen molar-refractivity contribution in [3.8, 4) is 22.2 Å². The largest absolute Gasteiger partial charge is 0.489 e. The minimum atomic E-state index is 0.424. The van der Waals surface area contributed by atoms with Crippen LogP contribution < -0.4 is 9.47 Å². The highest BCUT2D eigenvalue weighted by Crippen LogP contribution is 2.33. The summed E-state index contributed by atoms with van der Waals surface area (Å²) in [4.78, 5) is 5.62. The zero-order chi connectivity index (χ0) is 22.7. The van der Waals surface area contributed by atoms with Gasteiger partial charge in [-0.3, -0.25) is 0 Å². The first kappa shape index (κ1) is 20.3. The van der Waals surface area contributed by atoms with E-state index in [4.69, 9.17) is 9.47 Å². The molecule has 0 bridgehead atoms. The van der Waals surface area contributed by atoms with Crippen LogP contribution in [0.3, 0.4) is 0 Å². The molecule has 3 aromatic carbocycles. The van der Waals surface area contributed by atoms with Gasteiger partial charge >= 0.3 is 0 Å². The molecule has 8 heteroatoms. The number of nitrogens with zero attached hydrogens (tertiary/aromatic N) is 4. The molecule has 0 aliphatic rings. The Morgan fingerprint density at radius 3 is 2.50 bits per heavy atom. The van der Waals surface area contributed by atoms with Gasteiger partial charge in [0.2, 0.25) is 5.82 Å². The van der Waals surface area contributed by atoms with Gasteiger partial charge < -0.3 is 9.47 Å². The van der Waals surface area contributed by atoms with E-state index in [9.17, 15) is 0 Å². The number of nitrogens with one attached hydrogen (secondary N) is 1. The standard InChI is InChI=1S/C26H19N5O2S/c1-2-4-23-18(3-1)7-8-20(27-23)16-33-21-9-5-17(6-10-21)15-32-22-11-12-24-19(13-22)14-25(34-24)26-28-30-31-29-26/h1-14H,15-16H2,(H,28,29,30,31). The molecular weight excluding hydrogens is 446 g/mol. The van der Waals surface area contributed by atoms with Crippen molar-refractivity contribution >= 4 is 32.3 Å². The number of tetrazole rings is 1. The molecule has 0 aliphatic carbocycles. The first-order chi connectivity index (χ1) is 16.8. The maximum atomic E-state index is 6.01. The molecule has 7 nitrogen and oxygen atoms in total. The SMILES string of the molecule is c1ccc2nc(COc3ccc(COc4ccc5sc(-c6nn[nH]n6)cc5c4)cc3)ccc2c1. The molecule has 0 atom stereocenters.